The molecule has 10 heteroatoms. The summed E-state index contributed by atoms with van der Waals surface area (Å²) in [6.07, 6.45) is 2.91. The predicted octanol–water partition coefficient (Wildman–Crippen LogP) is 5.76. The molecule has 0 unspecified atom stereocenters. The van der Waals surface area contributed by atoms with Crippen LogP contribution in [-0.4, -0.2) is 48.0 Å². The number of thiocarbonyl (C=S) groups is 1. The minimum atomic E-state index is -0.403. The maximum absolute atomic E-state index is 12.3. The van der Waals surface area contributed by atoms with Crippen LogP contribution in [0.4, 0.5) is 11.4 Å². The highest BCUT2D eigenvalue weighted by Crippen LogP contribution is 2.30. The van der Waals surface area contributed by atoms with Crippen LogP contribution in [0.25, 0.3) is 17.4 Å². The molecule has 2 N–H and O–H groups in total. The van der Waals surface area contributed by atoms with Crippen molar-refractivity contribution in [2.45, 2.75) is 13.8 Å². The van der Waals surface area contributed by atoms with E-state index in [-0.39, 0.29) is 11.0 Å². The van der Waals surface area contributed by atoms with Crippen LogP contribution in [0.5, 0.6) is 0 Å². The second-order valence-corrected chi connectivity index (χ2v) is 9.82. The van der Waals surface area contributed by atoms with Crippen molar-refractivity contribution < 1.29 is 14.0 Å². The summed E-state index contributed by atoms with van der Waals surface area (Å²) in [5.74, 6) is 0.851. The van der Waals surface area contributed by atoms with Crippen LogP contribution in [0, 0.1) is 6.92 Å². The normalized spacial score (nSPS) is 13.6. The maximum atomic E-state index is 12.3. The topological polar surface area (TPSA) is 77.8 Å². The number of aryl methyl sites for hydroxylation is 1. The van der Waals surface area contributed by atoms with Crippen molar-refractivity contribution in [2.75, 3.05) is 36.4 Å². The second kappa shape index (κ2) is 11.8. The Bertz CT molecular complexity index is 1360. The van der Waals surface area contributed by atoms with Crippen LogP contribution >= 0.6 is 35.4 Å². The zero-order valence-corrected chi connectivity index (χ0v) is 22.7. The highest BCUT2D eigenvalue weighted by molar-refractivity contribution is 7.80. The third-order valence-electron chi connectivity index (χ3n) is 5.99. The number of piperazine rings is 1. The van der Waals surface area contributed by atoms with E-state index >= 15 is 0 Å². The molecule has 0 saturated carbocycles. The van der Waals surface area contributed by atoms with Crippen LogP contribution < -0.4 is 15.5 Å². The van der Waals surface area contributed by atoms with Gasteiger partial charge >= 0.3 is 0 Å². The average Bonchev–Trinajstić information content (AvgIpc) is 3.34. The van der Waals surface area contributed by atoms with Gasteiger partial charge in [-0.15, -0.1) is 0 Å². The van der Waals surface area contributed by atoms with Crippen LogP contribution in [-0.2, 0) is 9.59 Å². The Morgan fingerprint density at radius 3 is 2.43 bits per heavy atom. The summed E-state index contributed by atoms with van der Waals surface area (Å²) in [5, 5.41) is 6.94. The van der Waals surface area contributed by atoms with Crippen molar-refractivity contribution in [3.05, 3.63) is 76.0 Å². The molecule has 0 atom stereocenters. The summed E-state index contributed by atoms with van der Waals surface area (Å²) < 4.78 is 5.80. The van der Waals surface area contributed by atoms with Gasteiger partial charge < -0.3 is 19.5 Å². The highest BCUT2D eigenvalue weighted by atomic mass is 35.5. The summed E-state index contributed by atoms with van der Waals surface area (Å²) in [6.45, 7) is 6.26. The van der Waals surface area contributed by atoms with Gasteiger partial charge in [-0.2, -0.15) is 0 Å². The van der Waals surface area contributed by atoms with Gasteiger partial charge in [0.15, 0.2) is 5.11 Å². The number of furan rings is 1. The summed E-state index contributed by atoms with van der Waals surface area (Å²) in [5.41, 5.74) is 3.38. The van der Waals surface area contributed by atoms with Crippen molar-refractivity contribution in [1.29, 1.82) is 0 Å². The Morgan fingerprint density at radius 2 is 1.76 bits per heavy atom. The van der Waals surface area contributed by atoms with E-state index < -0.39 is 5.91 Å². The van der Waals surface area contributed by atoms with Crippen molar-refractivity contribution in [3.8, 4) is 11.3 Å². The van der Waals surface area contributed by atoms with E-state index in [1.54, 1.807) is 25.1 Å². The molecule has 1 saturated heterocycles. The van der Waals surface area contributed by atoms with Gasteiger partial charge in [0, 0.05) is 55.5 Å². The molecule has 1 aliphatic rings. The molecular weight excluding hydrogens is 531 g/mol. The summed E-state index contributed by atoms with van der Waals surface area (Å²) >= 11 is 18.0. The SMILES string of the molecule is CC(=O)N1CCN(c2ccc(NC(=S)NC(=O)/C=C/c3ccc(-c4ccc(C)c(Cl)c4)o3)cc2Cl)CC1. The number of hydrogen-bond donors (Lipinski definition) is 2. The van der Waals surface area contributed by atoms with E-state index in [4.69, 9.17) is 39.8 Å². The van der Waals surface area contributed by atoms with E-state index in [2.05, 4.69) is 15.5 Å². The number of halogens is 2. The number of amides is 2. The summed E-state index contributed by atoms with van der Waals surface area (Å²) in [4.78, 5) is 27.8. The minimum absolute atomic E-state index is 0.0808. The van der Waals surface area contributed by atoms with Gasteiger partial charge in [-0.3, -0.25) is 14.9 Å². The smallest absolute Gasteiger partial charge is 0.250 e. The quantitative estimate of drug-likeness (QED) is 0.307. The second-order valence-electron chi connectivity index (χ2n) is 8.60. The number of hydrogen-bond acceptors (Lipinski definition) is 5. The van der Waals surface area contributed by atoms with Crippen LogP contribution in [0.15, 0.2) is 59.0 Å². The molecule has 192 valence electrons. The lowest BCUT2D eigenvalue weighted by Gasteiger charge is -2.36. The Kier molecular flexibility index (Phi) is 8.53. The van der Waals surface area contributed by atoms with Crippen LogP contribution in [0.1, 0.15) is 18.2 Å². The van der Waals surface area contributed by atoms with Crippen molar-refractivity contribution in [3.63, 3.8) is 0 Å². The molecule has 1 fully saturated rings. The van der Waals surface area contributed by atoms with Gasteiger partial charge in [0.25, 0.3) is 0 Å². The molecule has 2 amide bonds. The Hall–Kier alpha value is -3.33. The highest BCUT2D eigenvalue weighted by Gasteiger charge is 2.20. The van der Waals surface area contributed by atoms with E-state index in [0.29, 0.717) is 53.4 Å². The Labute approximate surface area is 231 Å². The first kappa shape index (κ1) is 26.7. The van der Waals surface area contributed by atoms with E-state index in [1.807, 2.05) is 48.2 Å². The zero-order valence-electron chi connectivity index (χ0n) is 20.4. The van der Waals surface area contributed by atoms with Crippen LogP contribution in [0.2, 0.25) is 10.0 Å². The lowest BCUT2D eigenvalue weighted by atomic mass is 10.1. The zero-order chi connectivity index (χ0) is 26.5. The molecule has 4 rings (SSSR count). The molecule has 2 aromatic carbocycles. The van der Waals surface area contributed by atoms with Gasteiger partial charge in [0.1, 0.15) is 11.5 Å². The van der Waals surface area contributed by atoms with Crippen molar-refractivity contribution in [1.82, 2.24) is 10.2 Å². The average molecular weight is 558 g/mol. The lowest BCUT2D eigenvalue weighted by molar-refractivity contribution is -0.129. The maximum Gasteiger partial charge on any atom is 0.250 e. The molecular formula is C27H26Cl2N4O3S. The molecule has 37 heavy (non-hydrogen) atoms. The first-order valence-corrected chi connectivity index (χ1v) is 12.8. The number of anilines is 2. The van der Waals surface area contributed by atoms with E-state index in [1.165, 1.54) is 6.08 Å². The van der Waals surface area contributed by atoms with E-state index in [9.17, 15) is 9.59 Å². The monoisotopic (exact) mass is 556 g/mol. The molecule has 3 aromatic rings. The van der Waals surface area contributed by atoms with Crippen molar-refractivity contribution in [2.24, 2.45) is 0 Å². The minimum Gasteiger partial charge on any atom is -0.457 e. The van der Waals surface area contributed by atoms with Crippen molar-refractivity contribution >= 4 is 69.8 Å². The fraction of sp³-hybridized carbons (Fsp3) is 0.222. The molecule has 0 radical (unpaired) electrons. The van der Waals surface area contributed by atoms with Gasteiger partial charge in [-0.05, 0) is 67.2 Å². The Morgan fingerprint density at radius 1 is 1.00 bits per heavy atom. The van der Waals surface area contributed by atoms with Gasteiger partial charge in [-0.25, -0.2) is 0 Å². The fourth-order valence-corrected chi connectivity index (χ4v) is 4.62. The molecule has 0 aliphatic carbocycles. The number of nitrogens with zero attached hydrogens (tertiary/aromatic N) is 2. The summed E-state index contributed by atoms with van der Waals surface area (Å²) in [7, 11) is 0. The fourth-order valence-electron chi connectivity index (χ4n) is 3.92. The first-order valence-electron chi connectivity index (χ1n) is 11.7. The largest absolute Gasteiger partial charge is 0.457 e. The third-order valence-corrected chi connectivity index (χ3v) is 6.90. The number of carbonyl (C=O) groups is 2. The molecule has 2 heterocycles. The lowest BCUT2D eigenvalue weighted by Crippen LogP contribution is -2.48. The molecule has 0 bridgehead atoms. The van der Waals surface area contributed by atoms with Crippen LogP contribution in [0.3, 0.4) is 0 Å². The van der Waals surface area contributed by atoms with Gasteiger partial charge in [0.2, 0.25) is 11.8 Å². The van der Waals surface area contributed by atoms with E-state index in [0.717, 1.165) is 16.8 Å². The molecule has 7 nitrogen and oxygen atoms in total. The number of nitrogens with one attached hydrogen (secondary N) is 2. The number of rotatable bonds is 5. The standard InChI is InChI=1S/C27H26Cl2N4O3S/c1-17-3-4-19(15-22(17)28)25-9-6-21(36-25)7-10-26(35)31-27(37)30-20-5-8-24(23(29)16-20)33-13-11-32(12-14-33)18(2)34/h3-10,15-16H,11-14H2,1-2H3,(H2,30,31,35,37)/b10-7+. The van der Waals surface area contributed by atoms with Gasteiger partial charge in [0.05, 0.1) is 10.7 Å². The number of carbonyl (C=O) groups excluding carboxylic acids is 2. The summed E-state index contributed by atoms with van der Waals surface area (Å²) in [6, 6.07) is 14.8. The predicted molar refractivity (Wildman–Crippen MR) is 153 cm³/mol. The number of benzene rings is 2. The first-order chi connectivity index (χ1) is 17.7. The van der Waals surface area contributed by atoms with Gasteiger partial charge in [-0.1, -0.05) is 35.3 Å². The molecule has 1 aliphatic heterocycles. The third kappa shape index (κ3) is 6.91. The Balaban J connectivity index is 1.30. The molecule has 1 aromatic heterocycles. The molecule has 0 spiro atoms.